The Morgan fingerprint density at radius 3 is 3.10 bits per heavy atom. The van der Waals surface area contributed by atoms with E-state index in [1.165, 1.54) is 0 Å². The number of nitrogens with zero attached hydrogens (tertiary/aromatic N) is 1. The Bertz CT molecular complexity index is 121. The lowest BCUT2D eigenvalue weighted by Gasteiger charge is -2.04. The lowest BCUT2D eigenvalue weighted by atomic mass is 10.4. The van der Waals surface area contributed by atoms with Gasteiger partial charge in [-0.15, -0.1) is 0 Å². The van der Waals surface area contributed by atoms with Gasteiger partial charge in [-0.3, -0.25) is 4.99 Å². The van der Waals surface area contributed by atoms with Crippen LogP contribution in [0, 0.1) is 0 Å². The Morgan fingerprint density at radius 1 is 1.90 bits per heavy atom. The van der Waals surface area contributed by atoms with Gasteiger partial charge in [-0.05, 0) is 6.92 Å². The molecule has 0 amide bonds. The van der Waals surface area contributed by atoms with E-state index in [2.05, 4.69) is 4.99 Å². The van der Waals surface area contributed by atoms with E-state index in [4.69, 9.17) is 9.47 Å². The number of rotatable bonds is 4. The lowest BCUT2D eigenvalue weighted by molar-refractivity contribution is 0.0968. The Labute approximate surface area is 61.0 Å². The molecule has 0 N–H and O–H groups in total. The van der Waals surface area contributed by atoms with Crippen molar-refractivity contribution >= 4 is 6.21 Å². The number of hydrogen-bond acceptors (Lipinski definition) is 3. The van der Waals surface area contributed by atoms with Gasteiger partial charge in [0.05, 0.1) is 19.3 Å². The second kappa shape index (κ2) is 3.68. The average Bonchev–Trinajstić information content (AvgIpc) is 2.67. The highest BCUT2D eigenvalue weighted by molar-refractivity contribution is 5.62. The maximum atomic E-state index is 5.33. The number of hydrogen-bond donors (Lipinski definition) is 0. The molecular weight excluding hydrogens is 130 g/mol. The van der Waals surface area contributed by atoms with Crippen LogP contribution in [0.15, 0.2) is 4.99 Å². The van der Waals surface area contributed by atoms with Crippen LogP contribution < -0.4 is 0 Å². The van der Waals surface area contributed by atoms with Gasteiger partial charge in [0, 0.05) is 13.3 Å². The van der Waals surface area contributed by atoms with Crippen LogP contribution in [0.1, 0.15) is 6.92 Å². The summed E-state index contributed by atoms with van der Waals surface area (Å²) in [5.41, 5.74) is 0. The van der Waals surface area contributed by atoms with E-state index in [1.54, 1.807) is 13.3 Å². The molecule has 1 rings (SSSR count). The summed E-state index contributed by atoms with van der Waals surface area (Å²) < 4.78 is 10.3. The fraction of sp³-hybridized carbons (Fsp3) is 0.857. The largest absolute Gasteiger partial charge is 0.371 e. The molecule has 0 saturated carbocycles. The van der Waals surface area contributed by atoms with E-state index in [-0.39, 0.29) is 6.10 Å². The van der Waals surface area contributed by atoms with Crippen LogP contribution in [0.3, 0.4) is 0 Å². The van der Waals surface area contributed by atoms with Crippen LogP contribution in [-0.2, 0) is 9.47 Å². The van der Waals surface area contributed by atoms with E-state index in [1.807, 2.05) is 6.92 Å². The van der Waals surface area contributed by atoms with Gasteiger partial charge in [0.15, 0.2) is 0 Å². The van der Waals surface area contributed by atoms with Gasteiger partial charge < -0.3 is 9.47 Å². The van der Waals surface area contributed by atoms with E-state index >= 15 is 0 Å². The van der Waals surface area contributed by atoms with Crippen molar-refractivity contribution in [3.63, 3.8) is 0 Å². The molecule has 3 heteroatoms. The van der Waals surface area contributed by atoms with Crippen molar-refractivity contribution in [2.24, 2.45) is 4.99 Å². The summed E-state index contributed by atoms with van der Waals surface area (Å²) in [6, 6.07) is 0. The van der Waals surface area contributed by atoms with Crippen LogP contribution in [0.5, 0.6) is 0 Å². The molecule has 0 aromatic rings. The van der Waals surface area contributed by atoms with Gasteiger partial charge >= 0.3 is 0 Å². The summed E-state index contributed by atoms with van der Waals surface area (Å²) in [5.74, 6) is 0. The first-order valence-corrected chi connectivity index (χ1v) is 3.48. The predicted molar refractivity (Wildman–Crippen MR) is 39.6 cm³/mol. The monoisotopic (exact) mass is 143 g/mol. The molecule has 3 nitrogen and oxygen atoms in total. The van der Waals surface area contributed by atoms with Crippen LogP contribution in [-0.4, -0.2) is 38.7 Å². The van der Waals surface area contributed by atoms with E-state index in [9.17, 15) is 0 Å². The molecule has 1 fully saturated rings. The molecule has 0 radical (unpaired) electrons. The van der Waals surface area contributed by atoms with Crippen molar-refractivity contribution in [2.75, 3.05) is 20.3 Å². The van der Waals surface area contributed by atoms with Gasteiger partial charge in [0.2, 0.25) is 0 Å². The van der Waals surface area contributed by atoms with Crippen molar-refractivity contribution in [3.05, 3.63) is 0 Å². The Morgan fingerprint density at radius 2 is 2.60 bits per heavy atom. The molecular formula is C7H13NO2. The lowest BCUT2D eigenvalue weighted by Crippen LogP contribution is -2.13. The predicted octanol–water partition coefficient (Wildman–Crippen LogP) is 0.491. The van der Waals surface area contributed by atoms with E-state index < -0.39 is 0 Å². The molecule has 1 aliphatic heterocycles. The van der Waals surface area contributed by atoms with E-state index in [0.29, 0.717) is 12.7 Å². The minimum atomic E-state index is 0.120. The topological polar surface area (TPSA) is 34.1 Å². The third kappa shape index (κ3) is 2.94. The number of ether oxygens (including phenoxy) is 2. The van der Waals surface area contributed by atoms with Crippen molar-refractivity contribution < 1.29 is 9.47 Å². The number of epoxide rings is 1. The Hall–Kier alpha value is -0.410. The minimum Gasteiger partial charge on any atom is -0.371 e. The van der Waals surface area contributed by atoms with Crippen LogP contribution >= 0.6 is 0 Å². The highest BCUT2D eigenvalue weighted by atomic mass is 16.6. The minimum absolute atomic E-state index is 0.120. The van der Waals surface area contributed by atoms with Crippen molar-refractivity contribution in [3.8, 4) is 0 Å². The molecule has 0 spiro atoms. The van der Waals surface area contributed by atoms with Gasteiger partial charge in [-0.25, -0.2) is 0 Å². The molecule has 0 aromatic carbocycles. The summed E-state index contributed by atoms with van der Waals surface area (Å²) in [6.07, 6.45) is 2.25. The van der Waals surface area contributed by atoms with Crippen LogP contribution in [0.25, 0.3) is 0 Å². The Kier molecular flexibility index (Phi) is 2.83. The SMILES string of the molecule is C/N=C/C(C)OCC1CO1. The molecule has 2 unspecified atom stereocenters. The zero-order chi connectivity index (χ0) is 7.40. The third-order valence-corrected chi connectivity index (χ3v) is 1.31. The van der Waals surface area contributed by atoms with Gasteiger partial charge in [0.1, 0.15) is 6.10 Å². The number of aliphatic imine (C=N–C) groups is 1. The highest BCUT2D eigenvalue weighted by Gasteiger charge is 2.22. The summed E-state index contributed by atoms with van der Waals surface area (Å²) in [5, 5.41) is 0. The molecule has 1 saturated heterocycles. The maximum absolute atomic E-state index is 5.33. The van der Waals surface area contributed by atoms with Crippen molar-refractivity contribution in [1.29, 1.82) is 0 Å². The summed E-state index contributed by atoms with van der Waals surface area (Å²) in [6.45, 7) is 3.53. The summed E-state index contributed by atoms with van der Waals surface area (Å²) in [7, 11) is 1.74. The van der Waals surface area contributed by atoms with Crippen LogP contribution in [0.4, 0.5) is 0 Å². The smallest absolute Gasteiger partial charge is 0.104 e. The molecule has 58 valence electrons. The molecule has 1 aliphatic rings. The quantitative estimate of drug-likeness (QED) is 0.424. The molecule has 2 atom stereocenters. The first-order valence-electron chi connectivity index (χ1n) is 3.48. The van der Waals surface area contributed by atoms with Crippen molar-refractivity contribution in [1.82, 2.24) is 0 Å². The zero-order valence-corrected chi connectivity index (χ0v) is 6.41. The standard InChI is InChI=1S/C7H13NO2/c1-6(3-8-2)9-4-7-5-10-7/h3,6-7H,4-5H2,1-2H3/b8-3+. The van der Waals surface area contributed by atoms with Gasteiger partial charge in [-0.2, -0.15) is 0 Å². The average molecular weight is 143 g/mol. The van der Waals surface area contributed by atoms with Crippen LogP contribution in [0.2, 0.25) is 0 Å². The van der Waals surface area contributed by atoms with Crippen molar-refractivity contribution in [2.45, 2.75) is 19.1 Å². The first-order chi connectivity index (χ1) is 4.83. The van der Waals surface area contributed by atoms with E-state index in [0.717, 1.165) is 6.61 Å². The summed E-state index contributed by atoms with van der Waals surface area (Å²) >= 11 is 0. The van der Waals surface area contributed by atoms with Gasteiger partial charge in [-0.1, -0.05) is 0 Å². The highest BCUT2D eigenvalue weighted by Crippen LogP contribution is 2.09. The maximum Gasteiger partial charge on any atom is 0.104 e. The molecule has 0 bridgehead atoms. The van der Waals surface area contributed by atoms with Gasteiger partial charge in [0.25, 0.3) is 0 Å². The molecule has 0 aliphatic carbocycles. The second-order valence-corrected chi connectivity index (χ2v) is 2.40. The second-order valence-electron chi connectivity index (χ2n) is 2.40. The zero-order valence-electron chi connectivity index (χ0n) is 6.41. The fourth-order valence-corrected chi connectivity index (χ4v) is 0.676. The fourth-order valence-electron chi connectivity index (χ4n) is 0.676. The molecule has 0 aromatic heterocycles. The Balaban J connectivity index is 1.99. The first kappa shape index (κ1) is 7.69. The molecule has 1 heterocycles. The molecule has 10 heavy (non-hydrogen) atoms. The summed E-state index contributed by atoms with van der Waals surface area (Å²) in [4.78, 5) is 3.84. The normalized spacial score (nSPS) is 27.2. The third-order valence-electron chi connectivity index (χ3n) is 1.31.